The Balaban J connectivity index is 2.57. The normalized spacial score (nSPS) is 12.9. The van der Waals surface area contributed by atoms with Crippen molar-refractivity contribution >= 4 is 5.82 Å². The van der Waals surface area contributed by atoms with Crippen LogP contribution in [0.4, 0.5) is 5.82 Å². The lowest BCUT2D eigenvalue weighted by Crippen LogP contribution is -2.33. The van der Waals surface area contributed by atoms with Crippen LogP contribution >= 0.6 is 0 Å². The second kappa shape index (κ2) is 4.82. The first-order chi connectivity index (χ1) is 6.24. The van der Waals surface area contributed by atoms with Gasteiger partial charge in [0, 0.05) is 18.8 Å². The van der Waals surface area contributed by atoms with E-state index in [2.05, 4.69) is 24.1 Å². The Kier molecular flexibility index (Phi) is 3.71. The molecule has 0 fully saturated rings. The van der Waals surface area contributed by atoms with Crippen LogP contribution in [0.2, 0.25) is 0 Å². The lowest BCUT2D eigenvalue weighted by atomic mass is 10.1. The highest BCUT2D eigenvalue weighted by atomic mass is 15.0. The Labute approximate surface area is 79.4 Å². The second-order valence-corrected chi connectivity index (χ2v) is 3.45. The fraction of sp³-hybridized carbons (Fsp3) is 0.500. The number of nitrogens with one attached hydrogen (secondary N) is 1. The van der Waals surface area contributed by atoms with Crippen molar-refractivity contribution in [3.63, 3.8) is 0 Å². The minimum absolute atomic E-state index is 0.301. The van der Waals surface area contributed by atoms with Gasteiger partial charge in [-0.05, 0) is 18.1 Å². The Morgan fingerprint density at radius 3 is 2.69 bits per heavy atom. The van der Waals surface area contributed by atoms with Gasteiger partial charge in [-0.15, -0.1) is 0 Å². The molecule has 1 aromatic rings. The topological polar surface area (TPSA) is 50.9 Å². The van der Waals surface area contributed by atoms with Crippen molar-refractivity contribution in [2.24, 2.45) is 11.7 Å². The summed E-state index contributed by atoms with van der Waals surface area (Å²) in [6.45, 7) is 4.93. The fourth-order valence-electron chi connectivity index (χ4n) is 1.14. The molecule has 0 spiro atoms. The van der Waals surface area contributed by atoms with Crippen LogP contribution in [0.15, 0.2) is 24.4 Å². The van der Waals surface area contributed by atoms with Crippen molar-refractivity contribution in [1.29, 1.82) is 0 Å². The summed E-state index contributed by atoms with van der Waals surface area (Å²) in [4.78, 5) is 4.18. The molecule has 0 aliphatic carbocycles. The molecule has 3 heteroatoms. The van der Waals surface area contributed by atoms with Gasteiger partial charge >= 0.3 is 0 Å². The smallest absolute Gasteiger partial charge is 0.126 e. The van der Waals surface area contributed by atoms with Crippen molar-refractivity contribution in [3.05, 3.63) is 24.4 Å². The summed E-state index contributed by atoms with van der Waals surface area (Å²) >= 11 is 0. The molecule has 0 radical (unpaired) electrons. The predicted octanol–water partition coefficient (Wildman–Crippen LogP) is 1.48. The minimum Gasteiger partial charge on any atom is -0.366 e. The van der Waals surface area contributed by atoms with Gasteiger partial charge in [-0.2, -0.15) is 0 Å². The van der Waals surface area contributed by atoms with Crippen LogP contribution in [0.1, 0.15) is 13.8 Å². The Bertz CT molecular complexity index is 233. The molecule has 0 saturated heterocycles. The second-order valence-electron chi connectivity index (χ2n) is 3.45. The largest absolute Gasteiger partial charge is 0.366 e. The van der Waals surface area contributed by atoms with E-state index in [0.29, 0.717) is 18.5 Å². The third-order valence-electron chi connectivity index (χ3n) is 2.06. The maximum absolute atomic E-state index is 5.63. The van der Waals surface area contributed by atoms with E-state index < -0.39 is 0 Å². The number of hydrogen-bond donors (Lipinski definition) is 2. The number of pyridine rings is 1. The van der Waals surface area contributed by atoms with E-state index in [-0.39, 0.29) is 0 Å². The predicted molar refractivity (Wildman–Crippen MR) is 55.5 cm³/mol. The van der Waals surface area contributed by atoms with E-state index in [1.54, 1.807) is 6.20 Å². The molecular weight excluding hydrogens is 162 g/mol. The first kappa shape index (κ1) is 9.99. The maximum Gasteiger partial charge on any atom is 0.126 e. The molecule has 13 heavy (non-hydrogen) atoms. The molecule has 3 nitrogen and oxygen atoms in total. The SMILES string of the molecule is CC(C)C(CN)Nc1ccccn1. The summed E-state index contributed by atoms with van der Waals surface area (Å²) < 4.78 is 0. The molecule has 0 aromatic carbocycles. The molecule has 1 rings (SSSR count). The van der Waals surface area contributed by atoms with Crippen LogP contribution in [0.5, 0.6) is 0 Å². The number of nitrogens with zero attached hydrogens (tertiary/aromatic N) is 1. The molecule has 72 valence electrons. The summed E-state index contributed by atoms with van der Waals surface area (Å²) in [5, 5.41) is 3.29. The Morgan fingerprint density at radius 2 is 2.23 bits per heavy atom. The molecule has 3 N–H and O–H groups in total. The van der Waals surface area contributed by atoms with Crippen LogP contribution in [-0.2, 0) is 0 Å². The van der Waals surface area contributed by atoms with Gasteiger partial charge in [0.2, 0.25) is 0 Å². The summed E-state index contributed by atoms with van der Waals surface area (Å²) in [5.41, 5.74) is 5.63. The standard InChI is InChI=1S/C10H17N3/c1-8(2)9(7-11)13-10-5-3-4-6-12-10/h3-6,8-9H,7,11H2,1-2H3,(H,12,13). The van der Waals surface area contributed by atoms with Crippen LogP contribution < -0.4 is 11.1 Å². The van der Waals surface area contributed by atoms with Gasteiger partial charge < -0.3 is 11.1 Å². The molecule has 1 unspecified atom stereocenters. The molecule has 0 amide bonds. The zero-order chi connectivity index (χ0) is 9.68. The van der Waals surface area contributed by atoms with Crippen molar-refractivity contribution in [2.75, 3.05) is 11.9 Å². The molecule has 1 aromatic heterocycles. The summed E-state index contributed by atoms with van der Waals surface area (Å²) in [5.74, 6) is 1.42. The fourth-order valence-corrected chi connectivity index (χ4v) is 1.14. The molecule has 0 aliphatic rings. The molecule has 0 aliphatic heterocycles. The Morgan fingerprint density at radius 1 is 1.46 bits per heavy atom. The molecule has 0 bridgehead atoms. The van der Waals surface area contributed by atoms with Crippen LogP contribution in [0.25, 0.3) is 0 Å². The number of nitrogens with two attached hydrogens (primary N) is 1. The lowest BCUT2D eigenvalue weighted by Gasteiger charge is -2.20. The molecule has 0 saturated carbocycles. The maximum atomic E-state index is 5.63. The number of anilines is 1. The highest BCUT2D eigenvalue weighted by Gasteiger charge is 2.10. The number of hydrogen-bond acceptors (Lipinski definition) is 3. The van der Waals surface area contributed by atoms with Gasteiger partial charge in [-0.3, -0.25) is 0 Å². The van der Waals surface area contributed by atoms with Crippen molar-refractivity contribution in [2.45, 2.75) is 19.9 Å². The van der Waals surface area contributed by atoms with E-state index in [9.17, 15) is 0 Å². The number of aromatic nitrogens is 1. The first-order valence-corrected chi connectivity index (χ1v) is 4.61. The van der Waals surface area contributed by atoms with E-state index in [1.807, 2.05) is 18.2 Å². The third-order valence-corrected chi connectivity index (χ3v) is 2.06. The monoisotopic (exact) mass is 179 g/mol. The van der Waals surface area contributed by atoms with Crippen LogP contribution in [-0.4, -0.2) is 17.6 Å². The number of rotatable bonds is 4. The van der Waals surface area contributed by atoms with Gasteiger partial charge in [0.15, 0.2) is 0 Å². The van der Waals surface area contributed by atoms with E-state index in [1.165, 1.54) is 0 Å². The van der Waals surface area contributed by atoms with Gasteiger partial charge in [-0.25, -0.2) is 4.98 Å². The quantitative estimate of drug-likeness (QED) is 0.736. The summed E-state index contributed by atoms with van der Waals surface area (Å²) in [6, 6.07) is 6.11. The van der Waals surface area contributed by atoms with Crippen molar-refractivity contribution in [1.82, 2.24) is 4.98 Å². The van der Waals surface area contributed by atoms with E-state index >= 15 is 0 Å². The average molecular weight is 179 g/mol. The van der Waals surface area contributed by atoms with Gasteiger partial charge in [0.1, 0.15) is 5.82 Å². The zero-order valence-electron chi connectivity index (χ0n) is 8.20. The highest BCUT2D eigenvalue weighted by molar-refractivity contribution is 5.34. The van der Waals surface area contributed by atoms with Crippen LogP contribution in [0, 0.1) is 5.92 Å². The lowest BCUT2D eigenvalue weighted by molar-refractivity contribution is 0.530. The summed E-state index contributed by atoms with van der Waals surface area (Å²) in [7, 11) is 0. The molecule has 1 atom stereocenters. The van der Waals surface area contributed by atoms with Gasteiger partial charge in [-0.1, -0.05) is 19.9 Å². The Hall–Kier alpha value is -1.09. The molecule has 1 heterocycles. The van der Waals surface area contributed by atoms with Gasteiger partial charge in [0.05, 0.1) is 0 Å². The zero-order valence-corrected chi connectivity index (χ0v) is 8.20. The van der Waals surface area contributed by atoms with Crippen molar-refractivity contribution in [3.8, 4) is 0 Å². The minimum atomic E-state index is 0.301. The first-order valence-electron chi connectivity index (χ1n) is 4.61. The van der Waals surface area contributed by atoms with Crippen LogP contribution in [0.3, 0.4) is 0 Å². The van der Waals surface area contributed by atoms with E-state index in [4.69, 9.17) is 5.73 Å². The van der Waals surface area contributed by atoms with E-state index in [0.717, 1.165) is 5.82 Å². The third kappa shape index (κ3) is 3.03. The highest BCUT2D eigenvalue weighted by Crippen LogP contribution is 2.08. The van der Waals surface area contributed by atoms with Gasteiger partial charge in [0.25, 0.3) is 0 Å². The van der Waals surface area contributed by atoms with Crippen molar-refractivity contribution < 1.29 is 0 Å². The molecular formula is C10H17N3. The summed E-state index contributed by atoms with van der Waals surface area (Å²) in [6.07, 6.45) is 1.77. The average Bonchev–Trinajstić information content (AvgIpc) is 2.15.